The van der Waals surface area contributed by atoms with E-state index >= 15 is 0 Å². The molecule has 0 bridgehead atoms. The van der Waals surface area contributed by atoms with Crippen molar-refractivity contribution < 1.29 is 42.8 Å². The van der Waals surface area contributed by atoms with Gasteiger partial charge in [0.2, 0.25) is 0 Å². The Balaban J connectivity index is 1.32. The van der Waals surface area contributed by atoms with E-state index in [1.54, 1.807) is 48.5 Å². The molecule has 0 saturated carbocycles. The summed E-state index contributed by atoms with van der Waals surface area (Å²) in [6.07, 6.45) is 2.57. The number of rotatable bonds is 19. The van der Waals surface area contributed by atoms with Crippen molar-refractivity contribution in [3.8, 4) is 22.6 Å². The highest BCUT2D eigenvalue weighted by molar-refractivity contribution is 5.91. The van der Waals surface area contributed by atoms with Crippen LogP contribution in [0.5, 0.6) is 11.5 Å². The summed E-state index contributed by atoms with van der Waals surface area (Å²) in [5.74, 6) is -0.0806. The van der Waals surface area contributed by atoms with Crippen molar-refractivity contribution in [3.63, 3.8) is 0 Å². The van der Waals surface area contributed by atoms with Crippen LogP contribution in [0.1, 0.15) is 60.7 Å². The minimum absolute atomic E-state index is 0.0974. The Kier molecular flexibility index (Phi) is 14.9. The smallest absolute Gasteiger partial charge is 0.343 e. The zero-order valence-electron chi connectivity index (χ0n) is 25.8. The van der Waals surface area contributed by atoms with Gasteiger partial charge in [-0.25, -0.2) is 9.59 Å². The molecule has 3 aromatic carbocycles. The molecule has 0 aliphatic rings. The van der Waals surface area contributed by atoms with Crippen molar-refractivity contribution in [2.24, 2.45) is 5.92 Å². The lowest BCUT2D eigenvalue weighted by Crippen LogP contribution is -2.18. The third kappa shape index (κ3) is 11.8. The summed E-state index contributed by atoms with van der Waals surface area (Å²) in [6, 6.07) is 21.1. The summed E-state index contributed by atoms with van der Waals surface area (Å²) in [5, 5.41) is 0. The normalized spacial score (nSPS) is 11.4. The topological polar surface area (TPSA) is 107 Å². The molecule has 0 heterocycles. The Morgan fingerprint density at radius 3 is 1.73 bits per heavy atom. The fourth-order valence-electron chi connectivity index (χ4n) is 3.81. The van der Waals surface area contributed by atoms with Gasteiger partial charge in [0, 0.05) is 0 Å². The Labute approximate surface area is 259 Å². The Hall–Kier alpha value is -4.21. The Bertz CT molecular complexity index is 1290. The van der Waals surface area contributed by atoms with Crippen LogP contribution in [0.2, 0.25) is 0 Å². The maximum Gasteiger partial charge on any atom is 0.343 e. The van der Waals surface area contributed by atoms with Crippen molar-refractivity contribution in [2.45, 2.75) is 40.0 Å². The predicted octanol–water partition coefficient (Wildman–Crippen LogP) is 6.53. The van der Waals surface area contributed by atoms with E-state index in [0.717, 1.165) is 30.4 Å². The van der Waals surface area contributed by atoms with Gasteiger partial charge in [-0.05, 0) is 72.5 Å². The van der Waals surface area contributed by atoms with E-state index in [-0.39, 0.29) is 24.5 Å². The summed E-state index contributed by atoms with van der Waals surface area (Å²) < 4.78 is 32.4. The summed E-state index contributed by atoms with van der Waals surface area (Å²) in [5.41, 5.74) is 2.76. The summed E-state index contributed by atoms with van der Waals surface area (Å²) >= 11 is 0. The minimum atomic E-state index is -0.479. The molecular formula is C35H42O9. The largest absolute Gasteiger partial charge is 0.491 e. The first kappa shape index (κ1) is 34.3. The zero-order valence-corrected chi connectivity index (χ0v) is 25.8. The molecular weight excluding hydrogens is 564 g/mol. The molecule has 0 saturated heterocycles. The summed E-state index contributed by atoms with van der Waals surface area (Å²) in [7, 11) is 0. The molecule has 0 radical (unpaired) electrons. The number of ether oxygens (including phenoxy) is 6. The van der Waals surface area contributed by atoms with Gasteiger partial charge in [-0.15, -0.1) is 0 Å². The second-order valence-corrected chi connectivity index (χ2v) is 10.1. The standard InChI is InChI=1S/C35H42O9/c1-4-6-19-42-34(37)29-9-7-27(8-10-29)28-11-17-32(18-12-28)44-35(38)30-13-15-31(16-14-30)41-24-22-39-20-21-40-23-25-43-33(36)26(3)5-2/h7-18,26H,4-6,19-25H2,1-3H3. The van der Waals surface area contributed by atoms with Gasteiger partial charge in [0.25, 0.3) is 0 Å². The highest BCUT2D eigenvalue weighted by Crippen LogP contribution is 2.24. The van der Waals surface area contributed by atoms with Crippen molar-refractivity contribution in [2.75, 3.05) is 46.2 Å². The van der Waals surface area contributed by atoms with Gasteiger partial charge in [0.1, 0.15) is 24.7 Å². The van der Waals surface area contributed by atoms with Gasteiger partial charge in [-0.1, -0.05) is 51.5 Å². The third-order valence-corrected chi connectivity index (χ3v) is 6.70. The quantitative estimate of drug-likeness (QED) is 0.0855. The molecule has 1 unspecified atom stereocenters. The number of unbranched alkanes of at least 4 members (excludes halogenated alkanes) is 1. The van der Waals surface area contributed by atoms with Gasteiger partial charge in [0.05, 0.1) is 50.1 Å². The van der Waals surface area contributed by atoms with Crippen molar-refractivity contribution >= 4 is 17.9 Å². The molecule has 3 aromatic rings. The van der Waals surface area contributed by atoms with E-state index in [0.29, 0.717) is 62.3 Å². The molecule has 0 N–H and O–H groups in total. The third-order valence-electron chi connectivity index (χ3n) is 6.70. The summed E-state index contributed by atoms with van der Waals surface area (Å²) in [4.78, 5) is 36.3. The molecule has 9 nitrogen and oxygen atoms in total. The van der Waals surface area contributed by atoms with E-state index in [1.807, 2.05) is 45.0 Å². The molecule has 0 amide bonds. The van der Waals surface area contributed by atoms with Crippen molar-refractivity contribution in [3.05, 3.63) is 83.9 Å². The molecule has 236 valence electrons. The lowest BCUT2D eigenvalue weighted by molar-refractivity contribution is -0.149. The van der Waals surface area contributed by atoms with Crippen LogP contribution in [-0.2, 0) is 23.7 Å². The second-order valence-electron chi connectivity index (χ2n) is 10.1. The molecule has 3 rings (SSSR count). The summed E-state index contributed by atoms with van der Waals surface area (Å²) in [6.45, 7) is 8.32. The van der Waals surface area contributed by atoms with Crippen LogP contribution in [-0.4, -0.2) is 64.2 Å². The van der Waals surface area contributed by atoms with Crippen LogP contribution < -0.4 is 9.47 Å². The van der Waals surface area contributed by atoms with Gasteiger partial charge < -0.3 is 28.4 Å². The van der Waals surface area contributed by atoms with Crippen LogP contribution in [0, 0.1) is 5.92 Å². The number of carbonyl (C=O) groups excluding carboxylic acids is 3. The highest BCUT2D eigenvalue weighted by atomic mass is 16.6. The van der Waals surface area contributed by atoms with E-state index < -0.39 is 5.97 Å². The van der Waals surface area contributed by atoms with E-state index in [2.05, 4.69) is 0 Å². The number of benzene rings is 3. The number of carbonyl (C=O) groups is 3. The van der Waals surface area contributed by atoms with Crippen LogP contribution >= 0.6 is 0 Å². The first-order valence-electron chi connectivity index (χ1n) is 15.1. The lowest BCUT2D eigenvalue weighted by atomic mass is 10.0. The Morgan fingerprint density at radius 2 is 1.11 bits per heavy atom. The first-order valence-corrected chi connectivity index (χ1v) is 15.1. The van der Waals surface area contributed by atoms with Crippen LogP contribution in [0.3, 0.4) is 0 Å². The molecule has 0 aromatic heterocycles. The second kappa shape index (κ2) is 19.1. The molecule has 44 heavy (non-hydrogen) atoms. The van der Waals surface area contributed by atoms with E-state index in [9.17, 15) is 14.4 Å². The maximum absolute atomic E-state index is 12.6. The predicted molar refractivity (Wildman–Crippen MR) is 166 cm³/mol. The number of hydrogen-bond donors (Lipinski definition) is 0. The molecule has 0 fully saturated rings. The highest BCUT2D eigenvalue weighted by Gasteiger charge is 2.12. The van der Waals surface area contributed by atoms with Gasteiger partial charge in [-0.2, -0.15) is 0 Å². The van der Waals surface area contributed by atoms with Gasteiger partial charge >= 0.3 is 17.9 Å². The van der Waals surface area contributed by atoms with Crippen LogP contribution in [0.4, 0.5) is 0 Å². The monoisotopic (exact) mass is 606 g/mol. The van der Waals surface area contributed by atoms with E-state index in [1.165, 1.54) is 0 Å². The number of esters is 3. The van der Waals surface area contributed by atoms with Crippen molar-refractivity contribution in [1.82, 2.24) is 0 Å². The molecule has 9 heteroatoms. The molecule has 0 spiro atoms. The fourth-order valence-corrected chi connectivity index (χ4v) is 3.81. The molecule has 1 atom stereocenters. The van der Waals surface area contributed by atoms with Crippen molar-refractivity contribution in [1.29, 1.82) is 0 Å². The average molecular weight is 607 g/mol. The number of hydrogen-bond acceptors (Lipinski definition) is 9. The lowest BCUT2D eigenvalue weighted by Gasteiger charge is -2.10. The maximum atomic E-state index is 12.6. The average Bonchev–Trinajstić information content (AvgIpc) is 3.05. The Morgan fingerprint density at radius 1 is 0.591 bits per heavy atom. The SMILES string of the molecule is CCCCOC(=O)c1ccc(-c2ccc(OC(=O)c3ccc(OCCOCCOCCOC(=O)C(C)CC)cc3)cc2)cc1. The van der Waals surface area contributed by atoms with Gasteiger partial charge in [0.15, 0.2) is 0 Å². The van der Waals surface area contributed by atoms with Crippen LogP contribution in [0.25, 0.3) is 11.1 Å². The zero-order chi connectivity index (χ0) is 31.6. The molecule has 0 aliphatic carbocycles. The minimum Gasteiger partial charge on any atom is -0.491 e. The molecule has 0 aliphatic heterocycles. The fraction of sp³-hybridized carbons (Fsp3) is 0.400. The first-order chi connectivity index (χ1) is 21.4. The van der Waals surface area contributed by atoms with Gasteiger partial charge in [-0.3, -0.25) is 4.79 Å². The van der Waals surface area contributed by atoms with Crippen LogP contribution in [0.15, 0.2) is 72.8 Å². The van der Waals surface area contributed by atoms with E-state index in [4.69, 9.17) is 28.4 Å².